The minimum Gasteiger partial charge on any atom is -0.448 e. The first kappa shape index (κ1) is 36.2. The van der Waals surface area contributed by atoms with Gasteiger partial charge in [0, 0.05) is 30.4 Å². The maximum Gasteiger partial charge on any atom is 0.306 e. The summed E-state index contributed by atoms with van der Waals surface area (Å²) in [5.74, 6) is -0.268. The lowest BCUT2D eigenvalue weighted by atomic mass is 9.45. The van der Waals surface area contributed by atoms with Gasteiger partial charge in [0.2, 0.25) is 0 Å². The summed E-state index contributed by atoms with van der Waals surface area (Å²) in [6, 6.07) is 27.6. The third kappa shape index (κ3) is 6.03. The number of aromatic nitrogens is 2. The number of fused-ring (bicyclic) bond motifs is 6. The molecule has 7 atom stereocenters. The minimum atomic E-state index is -1.35. The Hall–Kier alpha value is -4.82. The molecule has 8 rings (SSSR count). The maximum atomic E-state index is 14.3. The molecule has 3 saturated carbocycles. The highest BCUT2D eigenvalue weighted by molar-refractivity contribution is 5.96. The van der Waals surface area contributed by atoms with E-state index in [2.05, 4.69) is 37.4 Å². The van der Waals surface area contributed by atoms with E-state index in [0.717, 1.165) is 53.8 Å². The lowest BCUT2D eigenvalue weighted by Crippen LogP contribution is -2.64. The molecule has 0 aliphatic heterocycles. The van der Waals surface area contributed by atoms with Gasteiger partial charge in [-0.25, -0.2) is 4.68 Å². The Kier molecular flexibility index (Phi) is 9.45. The van der Waals surface area contributed by atoms with Gasteiger partial charge in [-0.3, -0.25) is 14.4 Å². The van der Waals surface area contributed by atoms with Gasteiger partial charge in [0.25, 0.3) is 5.91 Å². The van der Waals surface area contributed by atoms with E-state index in [9.17, 15) is 19.5 Å². The SMILES string of the molecule is CCC(=O)O[C@]1(C(=O)NCc2ccccc2)CCC2C3CCC4=Cc5c(cnn5-c5cccc(C(=O)CCc6ccccc6)c5)C[C@]4(C)C3C(O)C[C@@]21C. The molecule has 4 aliphatic carbocycles. The van der Waals surface area contributed by atoms with Gasteiger partial charge in [0.1, 0.15) is 0 Å². The molecule has 1 amide bonds. The summed E-state index contributed by atoms with van der Waals surface area (Å²) in [5, 5.41) is 20.3. The fourth-order valence-electron chi connectivity index (χ4n) is 11.0. The molecule has 8 nitrogen and oxygen atoms in total. The van der Waals surface area contributed by atoms with E-state index in [4.69, 9.17) is 9.84 Å². The van der Waals surface area contributed by atoms with Crippen LogP contribution in [0.15, 0.2) is 96.7 Å². The molecular weight excluding hydrogens is 675 g/mol. The van der Waals surface area contributed by atoms with Crippen LogP contribution in [-0.4, -0.2) is 44.3 Å². The summed E-state index contributed by atoms with van der Waals surface area (Å²) in [6.07, 6.45) is 8.98. The first-order chi connectivity index (χ1) is 26.1. The highest BCUT2D eigenvalue weighted by Crippen LogP contribution is 2.68. The minimum absolute atomic E-state index is 0.0114. The molecule has 0 bridgehead atoms. The molecule has 3 fully saturated rings. The van der Waals surface area contributed by atoms with Crippen LogP contribution in [0.2, 0.25) is 0 Å². The molecular formula is C46H51N3O5. The molecule has 2 N–H and O–H groups in total. The van der Waals surface area contributed by atoms with Gasteiger partial charge < -0.3 is 15.2 Å². The van der Waals surface area contributed by atoms with Crippen LogP contribution in [0.5, 0.6) is 0 Å². The third-order valence-corrected chi connectivity index (χ3v) is 13.7. The third-order valence-electron chi connectivity index (χ3n) is 13.7. The van der Waals surface area contributed by atoms with Gasteiger partial charge in [0.15, 0.2) is 11.4 Å². The highest BCUT2D eigenvalue weighted by atomic mass is 16.6. The Morgan fingerprint density at radius 2 is 1.70 bits per heavy atom. The number of carbonyl (C=O) groups is 3. The molecule has 1 heterocycles. The maximum absolute atomic E-state index is 14.3. The summed E-state index contributed by atoms with van der Waals surface area (Å²) in [6.45, 7) is 6.50. The average molecular weight is 726 g/mol. The number of ether oxygens (including phenoxy) is 1. The highest BCUT2D eigenvalue weighted by Gasteiger charge is 2.70. The summed E-state index contributed by atoms with van der Waals surface area (Å²) in [5.41, 5.74) is 4.79. The monoisotopic (exact) mass is 725 g/mol. The lowest BCUT2D eigenvalue weighted by Gasteiger charge is -2.60. The van der Waals surface area contributed by atoms with Crippen molar-refractivity contribution in [2.75, 3.05) is 0 Å². The van der Waals surface area contributed by atoms with Crippen LogP contribution in [0.25, 0.3) is 11.8 Å². The molecule has 0 spiro atoms. The summed E-state index contributed by atoms with van der Waals surface area (Å²) < 4.78 is 8.23. The van der Waals surface area contributed by atoms with E-state index in [0.29, 0.717) is 37.8 Å². The Balaban J connectivity index is 1.04. The smallest absolute Gasteiger partial charge is 0.306 e. The van der Waals surface area contributed by atoms with Crippen molar-refractivity contribution in [3.8, 4) is 5.69 Å². The number of Topliss-reactive ketones (excluding diaryl/α,β-unsaturated/α-hetero) is 1. The van der Waals surface area contributed by atoms with E-state index >= 15 is 0 Å². The van der Waals surface area contributed by atoms with Gasteiger partial charge in [0.05, 0.1) is 23.7 Å². The Morgan fingerprint density at radius 1 is 0.963 bits per heavy atom. The van der Waals surface area contributed by atoms with Crippen molar-refractivity contribution in [1.82, 2.24) is 15.1 Å². The number of aliphatic hydroxyl groups excluding tert-OH is 1. The first-order valence-electron chi connectivity index (χ1n) is 19.7. The van der Waals surface area contributed by atoms with Crippen LogP contribution in [0.4, 0.5) is 0 Å². The van der Waals surface area contributed by atoms with Crippen molar-refractivity contribution in [3.05, 3.63) is 125 Å². The van der Waals surface area contributed by atoms with E-state index in [-0.39, 0.29) is 47.2 Å². The van der Waals surface area contributed by atoms with Gasteiger partial charge in [-0.2, -0.15) is 5.10 Å². The van der Waals surface area contributed by atoms with Crippen LogP contribution in [-0.2, 0) is 33.7 Å². The Morgan fingerprint density at radius 3 is 2.44 bits per heavy atom. The quantitative estimate of drug-likeness (QED) is 0.127. The fraction of sp³-hybridized carbons (Fsp3) is 0.435. The number of esters is 1. The van der Waals surface area contributed by atoms with Gasteiger partial charge >= 0.3 is 5.97 Å². The second-order valence-electron chi connectivity index (χ2n) is 16.6. The predicted octanol–water partition coefficient (Wildman–Crippen LogP) is 7.85. The molecule has 0 radical (unpaired) electrons. The number of allylic oxidation sites excluding steroid dienone is 1. The number of amides is 1. The number of ketones is 1. The summed E-state index contributed by atoms with van der Waals surface area (Å²) in [7, 11) is 0. The largest absolute Gasteiger partial charge is 0.448 e. The van der Waals surface area contributed by atoms with E-state index in [1.165, 1.54) is 5.57 Å². The molecule has 1 aromatic heterocycles. The van der Waals surface area contributed by atoms with E-state index in [1.54, 1.807) is 6.92 Å². The Labute approximate surface area is 318 Å². The number of rotatable bonds is 10. The second-order valence-corrected chi connectivity index (χ2v) is 16.6. The second kappa shape index (κ2) is 14.1. The van der Waals surface area contributed by atoms with Crippen LogP contribution in [0.3, 0.4) is 0 Å². The summed E-state index contributed by atoms with van der Waals surface area (Å²) >= 11 is 0. The number of carbonyl (C=O) groups excluding carboxylic acids is 3. The number of nitrogens with one attached hydrogen (secondary N) is 1. The average Bonchev–Trinajstić information content (AvgIpc) is 3.72. The molecule has 3 aromatic carbocycles. The number of hydrogen-bond donors (Lipinski definition) is 2. The number of benzene rings is 3. The van der Waals surface area contributed by atoms with Crippen molar-refractivity contribution in [2.24, 2.45) is 28.6 Å². The molecule has 8 heteroatoms. The topological polar surface area (TPSA) is 111 Å². The zero-order chi connectivity index (χ0) is 37.7. The predicted molar refractivity (Wildman–Crippen MR) is 208 cm³/mol. The summed E-state index contributed by atoms with van der Waals surface area (Å²) in [4.78, 5) is 40.6. The van der Waals surface area contributed by atoms with E-state index < -0.39 is 17.1 Å². The first-order valence-corrected chi connectivity index (χ1v) is 19.7. The van der Waals surface area contributed by atoms with Crippen molar-refractivity contribution >= 4 is 23.7 Å². The Bertz CT molecular complexity index is 2090. The zero-order valence-electron chi connectivity index (χ0n) is 31.6. The molecule has 0 saturated heterocycles. The molecule has 4 aliphatic rings. The van der Waals surface area contributed by atoms with Crippen LogP contribution in [0, 0.1) is 28.6 Å². The van der Waals surface area contributed by atoms with Crippen LogP contribution < -0.4 is 5.32 Å². The normalized spacial score (nSPS) is 29.5. The van der Waals surface area contributed by atoms with Crippen molar-refractivity contribution < 1.29 is 24.2 Å². The molecule has 280 valence electrons. The van der Waals surface area contributed by atoms with E-state index in [1.807, 2.05) is 83.7 Å². The van der Waals surface area contributed by atoms with Crippen LogP contribution in [0.1, 0.15) is 98.5 Å². The van der Waals surface area contributed by atoms with Gasteiger partial charge in [-0.1, -0.05) is 99.1 Å². The van der Waals surface area contributed by atoms with Crippen molar-refractivity contribution in [2.45, 2.75) is 96.8 Å². The van der Waals surface area contributed by atoms with Gasteiger partial charge in [-0.05, 0) is 103 Å². The van der Waals surface area contributed by atoms with Crippen LogP contribution >= 0.6 is 0 Å². The number of nitrogens with zero attached hydrogens (tertiary/aromatic N) is 2. The number of aryl methyl sites for hydroxylation is 1. The standard InChI is InChI=1S/C46H51N3O5/c1-4-41(52)54-46(43(53)47-28-31-14-9-6-10-15-31)23-22-37-36-20-19-34-25-38-33(26-44(34,2)42(36)40(51)27-45(37,46)3)29-48-49(38)35-17-11-16-32(24-35)39(50)21-18-30-12-7-5-8-13-30/h5-17,24-25,29,36-37,40,42,51H,4,18-23,26-28H2,1-3H3,(H,47,53)/t36?,37?,40?,42?,44-,45-,46-/m0/s1. The number of aliphatic hydroxyl groups is 1. The van der Waals surface area contributed by atoms with Crippen molar-refractivity contribution in [3.63, 3.8) is 0 Å². The number of hydrogen-bond acceptors (Lipinski definition) is 6. The zero-order valence-corrected chi connectivity index (χ0v) is 31.6. The van der Waals surface area contributed by atoms with Crippen molar-refractivity contribution in [1.29, 1.82) is 0 Å². The van der Waals surface area contributed by atoms with Gasteiger partial charge in [-0.15, -0.1) is 0 Å². The molecule has 4 unspecified atom stereocenters. The fourth-order valence-corrected chi connectivity index (χ4v) is 11.0. The molecule has 4 aromatic rings. The molecule has 54 heavy (non-hydrogen) atoms. The lowest BCUT2D eigenvalue weighted by molar-refractivity contribution is -0.201.